The number of carboxylic acids is 1. The number of nitrogens with zero attached hydrogens (tertiary/aromatic N) is 1. The highest BCUT2D eigenvalue weighted by molar-refractivity contribution is 6.03. The van der Waals surface area contributed by atoms with Crippen LogP contribution in [0.4, 0.5) is 14.5 Å². The van der Waals surface area contributed by atoms with Crippen LogP contribution in [0.15, 0.2) is 72.8 Å². The number of carbonyl (C=O) groups excluding carboxylic acids is 2. The van der Waals surface area contributed by atoms with Crippen LogP contribution in [0.2, 0.25) is 0 Å². The Hall–Kier alpha value is -4.19. The quantitative estimate of drug-likeness (QED) is 0.216. The number of benzene rings is 3. The molecule has 0 saturated carbocycles. The summed E-state index contributed by atoms with van der Waals surface area (Å²) < 4.78 is 38.3. The maximum absolute atomic E-state index is 13.7. The van der Waals surface area contributed by atoms with E-state index < -0.39 is 46.7 Å². The molecule has 2 saturated heterocycles. The lowest BCUT2D eigenvalue weighted by molar-refractivity contribution is -0.212. The average Bonchev–Trinajstić information content (AvgIpc) is 3.00. The molecule has 46 heavy (non-hydrogen) atoms. The van der Waals surface area contributed by atoms with Gasteiger partial charge in [-0.2, -0.15) is 0 Å². The van der Waals surface area contributed by atoms with E-state index in [0.717, 1.165) is 11.1 Å². The van der Waals surface area contributed by atoms with Crippen molar-refractivity contribution in [2.24, 2.45) is 5.92 Å². The number of amides is 2. The molecule has 9 nitrogen and oxygen atoms in total. The number of carboxylic acid groups (broad SMARTS) is 1. The summed E-state index contributed by atoms with van der Waals surface area (Å²) in [7, 11) is 0. The van der Waals surface area contributed by atoms with E-state index in [1.165, 1.54) is 50.2 Å². The summed E-state index contributed by atoms with van der Waals surface area (Å²) in [6, 6.07) is 18.9. The number of hydrogen-bond donors (Lipinski definition) is 3. The topological polar surface area (TPSA) is 125 Å². The van der Waals surface area contributed by atoms with Crippen molar-refractivity contribution in [2.45, 2.75) is 62.8 Å². The Morgan fingerprint density at radius 3 is 2.20 bits per heavy atom. The molecule has 0 radical (unpaired) electrons. The molecule has 3 atom stereocenters. The zero-order chi connectivity index (χ0) is 33.1. The van der Waals surface area contributed by atoms with Crippen molar-refractivity contribution < 1.29 is 42.9 Å². The minimum atomic E-state index is -1.41. The summed E-state index contributed by atoms with van der Waals surface area (Å²) >= 11 is 0. The number of β-lactam (4-membered cyclic amide) rings is 1. The second-order valence-electron chi connectivity index (χ2n) is 12.6. The summed E-state index contributed by atoms with van der Waals surface area (Å²) in [4.78, 5) is 38.6. The van der Waals surface area contributed by atoms with E-state index in [1.807, 2.05) is 24.3 Å². The smallest absolute Gasteiger partial charge is 0.328 e. The minimum Gasteiger partial charge on any atom is -0.480 e. The standard InChI is InChI=1S/C35H38F2N2O7/c1-34(2,33(43)44)38-30(41)19-46-35(20-45-21-35)18-17-22-3-5-24(6-4-22)31-28(15-16-29(40)23-7-9-25(36)10-8-23)32(42)39(31)27-13-11-26(37)12-14-27/h3-14,28-29,31,40H,15-21H2,1-2H3,(H,38,41)(H,43,44)/t28-,29?,31-/m1/s1. The van der Waals surface area contributed by atoms with Crippen LogP contribution in [0.1, 0.15) is 61.9 Å². The van der Waals surface area contributed by atoms with Gasteiger partial charge >= 0.3 is 5.97 Å². The molecule has 0 bridgehead atoms. The first-order valence-corrected chi connectivity index (χ1v) is 15.2. The number of carbonyl (C=O) groups is 3. The van der Waals surface area contributed by atoms with Gasteiger partial charge in [0.1, 0.15) is 29.4 Å². The Kier molecular flexibility index (Phi) is 9.85. The van der Waals surface area contributed by atoms with Crippen LogP contribution >= 0.6 is 0 Å². The van der Waals surface area contributed by atoms with Crippen molar-refractivity contribution in [3.8, 4) is 0 Å². The maximum Gasteiger partial charge on any atom is 0.328 e. The molecule has 244 valence electrons. The number of rotatable bonds is 14. The van der Waals surface area contributed by atoms with Crippen molar-refractivity contribution in [2.75, 3.05) is 24.7 Å². The molecule has 0 aliphatic carbocycles. The van der Waals surface area contributed by atoms with Crippen LogP contribution in [0.5, 0.6) is 0 Å². The third-order valence-electron chi connectivity index (χ3n) is 8.74. The van der Waals surface area contributed by atoms with Crippen molar-refractivity contribution in [3.63, 3.8) is 0 Å². The molecule has 2 aliphatic rings. The third-order valence-corrected chi connectivity index (χ3v) is 8.74. The molecule has 2 fully saturated rings. The Morgan fingerprint density at radius 1 is 1.02 bits per heavy atom. The number of aliphatic hydroxyl groups excluding tert-OH is 1. The molecular weight excluding hydrogens is 598 g/mol. The van der Waals surface area contributed by atoms with Gasteiger partial charge in [-0.25, -0.2) is 13.6 Å². The van der Waals surface area contributed by atoms with E-state index >= 15 is 0 Å². The summed E-state index contributed by atoms with van der Waals surface area (Å²) in [5.74, 6) is -2.99. The Morgan fingerprint density at radius 2 is 1.63 bits per heavy atom. The van der Waals surface area contributed by atoms with Crippen LogP contribution in [-0.4, -0.2) is 59.0 Å². The van der Waals surface area contributed by atoms with Crippen LogP contribution in [0.25, 0.3) is 0 Å². The van der Waals surface area contributed by atoms with E-state index in [1.54, 1.807) is 17.0 Å². The van der Waals surface area contributed by atoms with Crippen molar-refractivity contribution in [3.05, 3.63) is 101 Å². The number of halogens is 2. The number of aliphatic carboxylic acids is 1. The lowest BCUT2D eigenvalue weighted by Gasteiger charge is -2.48. The van der Waals surface area contributed by atoms with E-state index in [2.05, 4.69) is 5.32 Å². The van der Waals surface area contributed by atoms with Gasteiger partial charge in [0.15, 0.2) is 0 Å². The molecule has 11 heteroatoms. The second-order valence-corrected chi connectivity index (χ2v) is 12.6. The van der Waals surface area contributed by atoms with Gasteiger partial charge in [-0.15, -0.1) is 0 Å². The highest BCUT2D eigenvalue weighted by Gasteiger charge is 2.48. The number of ether oxygens (including phenoxy) is 2. The number of aliphatic hydroxyl groups is 1. The first kappa shape index (κ1) is 33.2. The fraction of sp³-hybridized carbons (Fsp3) is 0.400. The van der Waals surface area contributed by atoms with E-state index in [4.69, 9.17) is 9.47 Å². The monoisotopic (exact) mass is 636 g/mol. The van der Waals surface area contributed by atoms with Crippen molar-refractivity contribution >= 4 is 23.5 Å². The molecule has 2 amide bonds. The van der Waals surface area contributed by atoms with Crippen LogP contribution in [0.3, 0.4) is 0 Å². The summed E-state index contributed by atoms with van der Waals surface area (Å²) in [6.07, 6.45) is 1.07. The number of nitrogens with one attached hydrogen (secondary N) is 1. The summed E-state index contributed by atoms with van der Waals surface area (Å²) in [5.41, 5.74) is 0.995. The van der Waals surface area contributed by atoms with Crippen molar-refractivity contribution in [1.29, 1.82) is 0 Å². The summed E-state index contributed by atoms with van der Waals surface area (Å²) in [6.45, 7) is 3.16. The molecule has 5 rings (SSSR count). The van der Waals surface area contributed by atoms with Gasteiger partial charge in [0.2, 0.25) is 11.8 Å². The van der Waals surface area contributed by atoms with Crippen molar-refractivity contribution in [1.82, 2.24) is 5.32 Å². The molecule has 2 heterocycles. The van der Waals surface area contributed by atoms with Gasteiger partial charge in [-0.3, -0.25) is 9.59 Å². The highest BCUT2D eigenvalue weighted by atomic mass is 19.1. The maximum atomic E-state index is 13.7. The zero-order valence-electron chi connectivity index (χ0n) is 25.7. The van der Waals surface area contributed by atoms with Gasteiger partial charge < -0.3 is 29.9 Å². The highest BCUT2D eigenvalue weighted by Crippen LogP contribution is 2.46. The molecule has 1 unspecified atom stereocenters. The predicted molar refractivity (Wildman–Crippen MR) is 165 cm³/mol. The predicted octanol–water partition coefficient (Wildman–Crippen LogP) is 4.88. The van der Waals surface area contributed by atoms with Gasteiger partial charge in [0.25, 0.3) is 0 Å². The van der Waals surface area contributed by atoms with Crippen LogP contribution in [0, 0.1) is 17.6 Å². The third kappa shape index (κ3) is 7.43. The normalized spacial score (nSPS) is 19.6. The van der Waals surface area contributed by atoms with Crippen LogP contribution in [-0.2, 0) is 30.3 Å². The fourth-order valence-corrected chi connectivity index (χ4v) is 5.83. The number of hydrogen-bond acceptors (Lipinski definition) is 6. The molecule has 3 N–H and O–H groups in total. The van der Waals surface area contributed by atoms with Gasteiger partial charge in [0, 0.05) is 5.69 Å². The van der Waals surface area contributed by atoms with Crippen LogP contribution < -0.4 is 10.2 Å². The van der Waals surface area contributed by atoms with E-state index in [0.29, 0.717) is 50.1 Å². The summed E-state index contributed by atoms with van der Waals surface area (Å²) in [5, 5.41) is 22.4. The molecule has 3 aromatic carbocycles. The van der Waals surface area contributed by atoms with Gasteiger partial charge in [0.05, 0.1) is 31.3 Å². The number of anilines is 1. The second kappa shape index (κ2) is 13.7. The number of aryl methyl sites for hydroxylation is 1. The Labute approximate surface area is 266 Å². The Bertz CT molecular complexity index is 1540. The largest absolute Gasteiger partial charge is 0.480 e. The minimum absolute atomic E-state index is 0.119. The molecular formula is C35H38F2N2O7. The Balaban J connectivity index is 1.24. The van der Waals surface area contributed by atoms with Gasteiger partial charge in [-0.05, 0) is 92.6 Å². The van der Waals surface area contributed by atoms with Gasteiger partial charge in [-0.1, -0.05) is 36.4 Å². The lowest BCUT2D eigenvalue weighted by Crippen LogP contribution is -2.55. The first-order chi connectivity index (χ1) is 21.9. The molecule has 2 aliphatic heterocycles. The fourth-order valence-electron chi connectivity index (χ4n) is 5.83. The van der Waals surface area contributed by atoms with E-state index in [-0.39, 0.29) is 18.6 Å². The molecule has 0 spiro atoms. The SMILES string of the molecule is CC(C)(NC(=O)COC1(CCc2ccc([C@@H]3[C@@H](CCC(O)c4ccc(F)cc4)C(=O)N3c3ccc(F)cc3)cc2)COC1)C(=O)O. The molecule has 3 aromatic rings. The zero-order valence-corrected chi connectivity index (χ0v) is 25.7. The molecule has 0 aromatic heterocycles. The van der Waals surface area contributed by atoms with E-state index in [9.17, 15) is 33.4 Å². The first-order valence-electron chi connectivity index (χ1n) is 15.2. The average molecular weight is 637 g/mol. The lowest BCUT2D eigenvalue weighted by atomic mass is 9.78.